The molecule has 1 heterocycles. The van der Waals surface area contributed by atoms with E-state index >= 15 is 0 Å². The quantitative estimate of drug-likeness (QED) is 0.837. The van der Waals surface area contributed by atoms with Gasteiger partial charge in [0, 0.05) is 19.8 Å². The van der Waals surface area contributed by atoms with Crippen LogP contribution in [0.5, 0.6) is 0 Å². The summed E-state index contributed by atoms with van der Waals surface area (Å²) in [5, 5.41) is 3.04. The summed E-state index contributed by atoms with van der Waals surface area (Å²) in [6, 6.07) is 0. The molecule has 2 fully saturated rings. The van der Waals surface area contributed by atoms with Gasteiger partial charge in [-0.2, -0.15) is 0 Å². The molecule has 118 valence electrons. The number of nitrogens with two attached hydrogens (primary N) is 1. The molecule has 0 aromatic carbocycles. The largest absolute Gasteiger partial charge is 0.381 e. The lowest BCUT2D eigenvalue weighted by Crippen LogP contribution is -2.57. The fraction of sp³-hybridized carbons (Fsp3) is 0.933. The number of ether oxygens (including phenoxy) is 1. The van der Waals surface area contributed by atoms with Crippen LogP contribution in [0.2, 0.25) is 0 Å². The molecule has 5 heteroatoms. The predicted octanol–water partition coefficient (Wildman–Crippen LogP) is 2.25. The van der Waals surface area contributed by atoms with E-state index in [1.54, 1.807) is 0 Å². The lowest BCUT2D eigenvalue weighted by molar-refractivity contribution is -0.129. The number of hydrogen-bond acceptors (Lipinski definition) is 3. The molecule has 2 aliphatic rings. The normalized spacial score (nSPS) is 29.3. The third-order valence-corrected chi connectivity index (χ3v) is 4.93. The van der Waals surface area contributed by atoms with Crippen LogP contribution in [-0.2, 0) is 9.53 Å². The SMILES string of the molecule is CC1CCCCC1CCNC(=O)C1(N)CCOCC1.Cl. The first-order valence-corrected chi connectivity index (χ1v) is 7.77. The first-order valence-electron chi connectivity index (χ1n) is 7.77. The van der Waals surface area contributed by atoms with E-state index in [4.69, 9.17) is 10.5 Å². The van der Waals surface area contributed by atoms with Crippen molar-refractivity contribution in [3.63, 3.8) is 0 Å². The van der Waals surface area contributed by atoms with Crippen LogP contribution in [0.25, 0.3) is 0 Å². The summed E-state index contributed by atoms with van der Waals surface area (Å²) in [6.45, 7) is 4.31. The lowest BCUT2D eigenvalue weighted by Gasteiger charge is -2.33. The lowest BCUT2D eigenvalue weighted by atomic mass is 9.78. The average molecular weight is 305 g/mol. The number of nitrogens with one attached hydrogen (secondary N) is 1. The van der Waals surface area contributed by atoms with Crippen LogP contribution in [0.4, 0.5) is 0 Å². The van der Waals surface area contributed by atoms with Gasteiger partial charge in [-0.3, -0.25) is 4.79 Å². The molecule has 0 aromatic rings. The Morgan fingerprint density at radius 2 is 1.95 bits per heavy atom. The van der Waals surface area contributed by atoms with E-state index in [2.05, 4.69) is 12.2 Å². The van der Waals surface area contributed by atoms with E-state index in [0.29, 0.717) is 26.1 Å². The molecule has 2 rings (SSSR count). The zero-order valence-corrected chi connectivity index (χ0v) is 13.3. The first kappa shape index (κ1) is 17.7. The van der Waals surface area contributed by atoms with E-state index in [-0.39, 0.29) is 18.3 Å². The topological polar surface area (TPSA) is 64.4 Å². The number of amides is 1. The van der Waals surface area contributed by atoms with Crippen molar-refractivity contribution in [2.45, 2.75) is 57.4 Å². The second-order valence-corrected chi connectivity index (χ2v) is 6.33. The Hall–Kier alpha value is -0.320. The summed E-state index contributed by atoms with van der Waals surface area (Å²) < 4.78 is 5.27. The minimum absolute atomic E-state index is 0. The van der Waals surface area contributed by atoms with Crippen molar-refractivity contribution in [2.24, 2.45) is 17.6 Å². The smallest absolute Gasteiger partial charge is 0.240 e. The van der Waals surface area contributed by atoms with E-state index < -0.39 is 5.54 Å². The first-order chi connectivity index (χ1) is 9.12. The standard InChI is InChI=1S/C15H28N2O2.ClH/c1-12-4-2-3-5-13(12)6-9-17-14(18)15(16)7-10-19-11-8-15;/h12-13H,2-11,16H2,1H3,(H,17,18);1H. The van der Waals surface area contributed by atoms with E-state index in [1.807, 2.05) is 0 Å². The van der Waals surface area contributed by atoms with Crippen molar-refractivity contribution in [3.05, 3.63) is 0 Å². The van der Waals surface area contributed by atoms with E-state index in [0.717, 1.165) is 24.8 Å². The summed E-state index contributed by atoms with van der Waals surface area (Å²) >= 11 is 0. The van der Waals surface area contributed by atoms with Crippen LogP contribution in [0.3, 0.4) is 0 Å². The maximum atomic E-state index is 12.2. The molecule has 1 aliphatic heterocycles. The molecule has 1 aliphatic carbocycles. The van der Waals surface area contributed by atoms with E-state index in [9.17, 15) is 4.79 Å². The van der Waals surface area contributed by atoms with Crippen molar-refractivity contribution in [3.8, 4) is 0 Å². The summed E-state index contributed by atoms with van der Waals surface area (Å²) in [7, 11) is 0. The molecule has 1 saturated carbocycles. The molecule has 4 nitrogen and oxygen atoms in total. The van der Waals surface area contributed by atoms with Gasteiger partial charge in [0.2, 0.25) is 5.91 Å². The highest BCUT2D eigenvalue weighted by atomic mass is 35.5. The molecule has 1 amide bonds. The fourth-order valence-corrected chi connectivity index (χ4v) is 3.33. The zero-order valence-electron chi connectivity index (χ0n) is 12.5. The average Bonchev–Trinajstić information content (AvgIpc) is 2.41. The van der Waals surface area contributed by atoms with Gasteiger partial charge in [-0.05, 0) is 31.1 Å². The second-order valence-electron chi connectivity index (χ2n) is 6.33. The van der Waals surface area contributed by atoms with Crippen LogP contribution >= 0.6 is 12.4 Å². The fourth-order valence-electron chi connectivity index (χ4n) is 3.33. The molecule has 3 N–H and O–H groups in total. The molecule has 0 bridgehead atoms. The monoisotopic (exact) mass is 304 g/mol. The van der Waals surface area contributed by atoms with Crippen LogP contribution in [0.1, 0.15) is 51.9 Å². The molecule has 2 atom stereocenters. The highest BCUT2D eigenvalue weighted by molar-refractivity contribution is 5.86. The maximum absolute atomic E-state index is 12.2. The van der Waals surface area contributed by atoms with Crippen LogP contribution in [0, 0.1) is 11.8 Å². The Balaban J connectivity index is 0.00000200. The molecule has 0 spiro atoms. The second kappa shape index (κ2) is 8.20. The van der Waals surface area contributed by atoms with Gasteiger partial charge < -0.3 is 15.8 Å². The van der Waals surface area contributed by atoms with Crippen molar-refractivity contribution in [1.29, 1.82) is 0 Å². The van der Waals surface area contributed by atoms with Gasteiger partial charge in [-0.1, -0.05) is 32.6 Å². The molecule has 0 aromatic heterocycles. The van der Waals surface area contributed by atoms with Gasteiger partial charge in [0.05, 0.1) is 5.54 Å². The Labute approximate surface area is 128 Å². The highest BCUT2D eigenvalue weighted by Gasteiger charge is 2.35. The van der Waals surface area contributed by atoms with Gasteiger partial charge in [0.25, 0.3) is 0 Å². The summed E-state index contributed by atoms with van der Waals surface area (Å²) in [6.07, 6.45) is 7.75. The summed E-state index contributed by atoms with van der Waals surface area (Å²) in [5.41, 5.74) is 5.46. The zero-order chi connectivity index (χ0) is 13.7. The Morgan fingerprint density at radius 3 is 2.60 bits per heavy atom. The van der Waals surface area contributed by atoms with Crippen LogP contribution in [-0.4, -0.2) is 31.2 Å². The number of hydrogen-bond donors (Lipinski definition) is 2. The highest BCUT2D eigenvalue weighted by Crippen LogP contribution is 2.31. The number of halogens is 1. The third kappa shape index (κ3) is 4.61. The maximum Gasteiger partial charge on any atom is 0.240 e. The molecule has 20 heavy (non-hydrogen) atoms. The number of carbonyl (C=O) groups is 1. The summed E-state index contributed by atoms with van der Waals surface area (Å²) in [4.78, 5) is 12.2. The Bertz CT molecular complexity index is 306. The van der Waals surface area contributed by atoms with E-state index in [1.165, 1.54) is 25.7 Å². The Morgan fingerprint density at radius 1 is 1.30 bits per heavy atom. The molecular weight excluding hydrogens is 276 g/mol. The minimum atomic E-state index is -0.698. The van der Waals surface area contributed by atoms with Crippen molar-refractivity contribution >= 4 is 18.3 Å². The van der Waals surface area contributed by atoms with Crippen molar-refractivity contribution in [1.82, 2.24) is 5.32 Å². The van der Waals surface area contributed by atoms with Gasteiger partial charge >= 0.3 is 0 Å². The number of rotatable bonds is 4. The van der Waals surface area contributed by atoms with Gasteiger partial charge in [0.15, 0.2) is 0 Å². The molecule has 2 unspecified atom stereocenters. The van der Waals surface area contributed by atoms with Crippen molar-refractivity contribution < 1.29 is 9.53 Å². The Kier molecular flexibility index (Phi) is 7.27. The van der Waals surface area contributed by atoms with Crippen LogP contribution < -0.4 is 11.1 Å². The number of carbonyl (C=O) groups excluding carboxylic acids is 1. The molecular formula is C15H29ClN2O2. The molecule has 0 radical (unpaired) electrons. The summed E-state index contributed by atoms with van der Waals surface area (Å²) in [5.74, 6) is 1.59. The minimum Gasteiger partial charge on any atom is -0.381 e. The third-order valence-electron chi connectivity index (χ3n) is 4.93. The van der Waals surface area contributed by atoms with Gasteiger partial charge in [0.1, 0.15) is 0 Å². The predicted molar refractivity (Wildman–Crippen MR) is 83.0 cm³/mol. The van der Waals surface area contributed by atoms with Crippen LogP contribution in [0.15, 0.2) is 0 Å². The van der Waals surface area contributed by atoms with Crippen molar-refractivity contribution in [2.75, 3.05) is 19.8 Å². The van der Waals surface area contributed by atoms with Gasteiger partial charge in [-0.15, -0.1) is 12.4 Å². The van der Waals surface area contributed by atoms with Gasteiger partial charge in [-0.25, -0.2) is 0 Å². The molecule has 1 saturated heterocycles.